The van der Waals surface area contributed by atoms with Crippen molar-refractivity contribution >= 4 is 0 Å². The zero-order valence-corrected chi connectivity index (χ0v) is 19.7. The molecule has 4 rings (SSSR count). The molecule has 4 aliphatic carbocycles. The van der Waals surface area contributed by atoms with Gasteiger partial charge in [0.25, 0.3) is 0 Å². The van der Waals surface area contributed by atoms with Crippen LogP contribution in [0.2, 0.25) is 0 Å². The van der Waals surface area contributed by atoms with Crippen LogP contribution in [0.25, 0.3) is 0 Å². The van der Waals surface area contributed by atoms with Gasteiger partial charge in [0.2, 0.25) is 0 Å². The Bertz CT molecular complexity index is 684. The Balaban J connectivity index is 1.48. The molecule has 9 atom stereocenters. The van der Waals surface area contributed by atoms with E-state index in [0.717, 1.165) is 54.9 Å². The van der Waals surface area contributed by atoms with E-state index in [1.807, 2.05) is 6.92 Å². The molecule has 3 fully saturated rings. The molecule has 0 bridgehead atoms. The first-order valence-electron chi connectivity index (χ1n) is 12.5. The molecular weight excluding hydrogens is 372 g/mol. The van der Waals surface area contributed by atoms with E-state index in [-0.39, 0.29) is 12.2 Å². The highest BCUT2D eigenvalue weighted by Gasteiger charge is 2.59. The molecule has 0 aliphatic heterocycles. The third-order valence-electron chi connectivity index (χ3n) is 10.4. The second kappa shape index (κ2) is 8.37. The topological polar surface area (TPSA) is 49.7 Å². The summed E-state index contributed by atoms with van der Waals surface area (Å²) in [6.07, 6.45) is 13.9. The number of rotatable bonds is 6. The highest BCUT2D eigenvalue weighted by atomic mass is 17.1. The van der Waals surface area contributed by atoms with Crippen LogP contribution in [0.15, 0.2) is 23.8 Å². The molecule has 0 radical (unpaired) electrons. The maximum atomic E-state index is 10.2. The molecule has 0 spiro atoms. The highest BCUT2D eigenvalue weighted by molar-refractivity contribution is 5.25. The van der Waals surface area contributed by atoms with Crippen molar-refractivity contribution in [3.8, 4) is 0 Å². The molecule has 30 heavy (non-hydrogen) atoms. The Labute approximate surface area is 183 Å². The molecule has 3 heteroatoms. The van der Waals surface area contributed by atoms with Gasteiger partial charge in [0.15, 0.2) is 0 Å². The normalized spacial score (nSPS) is 45.0. The van der Waals surface area contributed by atoms with E-state index in [9.17, 15) is 10.4 Å². The summed E-state index contributed by atoms with van der Waals surface area (Å²) in [7, 11) is 0. The molecule has 3 nitrogen and oxygen atoms in total. The minimum atomic E-state index is -0.225. The van der Waals surface area contributed by atoms with Gasteiger partial charge in [-0.25, -0.2) is 4.89 Å². The van der Waals surface area contributed by atoms with Crippen molar-refractivity contribution in [2.75, 3.05) is 0 Å². The van der Waals surface area contributed by atoms with Crippen molar-refractivity contribution in [1.82, 2.24) is 0 Å². The third-order valence-corrected chi connectivity index (χ3v) is 10.4. The maximum absolute atomic E-state index is 10.2. The highest BCUT2D eigenvalue weighted by Crippen LogP contribution is 2.67. The Morgan fingerprint density at radius 3 is 2.63 bits per heavy atom. The Morgan fingerprint density at radius 2 is 1.93 bits per heavy atom. The SMILES string of the molecule is C=C(C)C(CC[C@@H](C)[C@H]1CC[C@H]2[C@@H]3CC=C4C[C@@H](O)CC[C@]4(C)[C@H]3CC[C@]12C)OO. The number of hydrogen-bond acceptors (Lipinski definition) is 3. The van der Waals surface area contributed by atoms with Crippen molar-refractivity contribution < 1.29 is 15.3 Å². The lowest BCUT2D eigenvalue weighted by Gasteiger charge is -2.58. The number of hydrogen-bond donors (Lipinski definition) is 2. The number of aliphatic hydroxyl groups excluding tert-OH is 1. The van der Waals surface area contributed by atoms with E-state index in [4.69, 9.17) is 0 Å². The lowest BCUT2D eigenvalue weighted by molar-refractivity contribution is -0.270. The Hall–Kier alpha value is -0.640. The van der Waals surface area contributed by atoms with E-state index in [2.05, 4.69) is 38.3 Å². The van der Waals surface area contributed by atoms with Gasteiger partial charge in [0.05, 0.1) is 6.10 Å². The predicted octanol–water partition coefficient (Wildman–Crippen LogP) is 6.78. The molecule has 0 amide bonds. The standard InChI is InChI=1S/C27H44O3/c1-17(2)25(30-29)11-6-18(3)22-9-10-23-21-8-7-19-16-20(28)12-14-26(19,4)24(21)13-15-27(22,23)5/h7,18,20-25,28-29H,1,6,8-16H2,2-5H3/t18-,20+,21+,22-,23+,24+,25?,26+,27-/m1/s1. The molecule has 1 unspecified atom stereocenters. The molecule has 4 aliphatic rings. The second-order valence-electron chi connectivity index (χ2n) is 11.9. The van der Waals surface area contributed by atoms with Crippen LogP contribution in [0.5, 0.6) is 0 Å². The molecule has 0 heterocycles. The van der Waals surface area contributed by atoms with Gasteiger partial charge in [-0.1, -0.05) is 39.0 Å². The lowest BCUT2D eigenvalue weighted by atomic mass is 9.47. The van der Waals surface area contributed by atoms with Crippen molar-refractivity contribution in [2.24, 2.45) is 40.4 Å². The molecule has 3 saturated carbocycles. The summed E-state index contributed by atoms with van der Waals surface area (Å²) < 4.78 is 0. The van der Waals surface area contributed by atoms with Gasteiger partial charge >= 0.3 is 0 Å². The number of aliphatic hydroxyl groups is 1. The van der Waals surface area contributed by atoms with Gasteiger partial charge in [0, 0.05) is 0 Å². The largest absolute Gasteiger partial charge is 0.393 e. The van der Waals surface area contributed by atoms with Gasteiger partial charge in [0.1, 0.15) is 6.10 Å². The summed E-state index contributed by atoms with van der Waals surface area (Å²) >= 11 is 0. The van der Waals surface area contributed by atoms with Crippen LogP contribution in [0.4, 0.5) is 0 Å². The van der Waals surface area contributed by atoms with Gasteiger partial charge in [-0.2, -0.15) is 0 Å². The lowest BCUT2D eigenvalue weighted by Crippen LogP contribution is -2.50. The second-order valence-corrected chi connectivity index (χ2v) is 11.9. The number of fused-ring (bicyclic) bond motifs is 5. The average molecular weight is 417 g/mol. The van der Waals surface area contributed by atoms with Gasteiger partial charge < -0.3 is 5.11 Å². The Morgan fingerprint density at radius 1 is 1.17 bits per heavy atom. The fraction of sp³-hybridized carbons (Fsp3) is 0.852. The molecule has 2 N–H and O–H groups in total. The van der Waals surface area contributed by atoms with Crippen LogP contribution in [0.1, 0.15) is 91.9 Å². The summed E-state index contributed by atoms with van der Waals surface area (Å²) in [5.41, 5.74) is 3.27. The summed E-state index contributed by atoms with van der Waals surface area (Å²) in [5, 5.41) is 19.4. The van der Waals surface area contributed by atoms with Crippen molar-refractivity contribution in [3.63, 3.8) is 0 Å². The smallest absolute Gasteiger partial charge is 0.113 e. The van der Waals surface area contributed by atoms with Crippen molar-refractivity contribution in [3.05, 3.63) is 23.8 Å². The van der Waals surface area contributed by atoms with Crippen molar-refractivity contribution in [2.45, 2.75) is 104 Å². The summed E-state index contributed by atoms with van der Waals surface area (Å²) in [4.78, 5) is 4.67. The molecule has 0 aromatic rings. The van der Waals surface area contributed by atoms with E-state index >= 15 is 0 Å². The fourth-order valence-electron chi connectivity index (χ4n) is 8.62. The molecular formula is C27H44O3. The zero-order valence-electron chi connectivity index (χ0n) is 19.7. The Kier molecular flexibility index (Phi) is 6.29. The average Bonchev–Trinajstić information content (AvgIpc) is 3.06. The summed E-state index contributed by atoms with van der Waals surface area (Å²) in [6, 6.07) is 0. The zero-order chi connectivity index (χ0) is 21.7. The summed E-state index contributed by atoms with van der Waals surface area (Å²) in [5.74, 6) is 3.92. The molecule has 0 aromatic heterocycles. The first-order valence-corrected chi connectivity index (χ1v) is 12.5. The van der Waals surface area contributed by atoms with Crippen LogP contribution in [-0.4, -0.2) is 22.6 Å². The van der Waals surface area contributed by atoms with E-state index in [1.165, 1.54) is 38.5 Å². The first kappa shape index (κ1) is 22.6. The molecule has 0 saturated heterocycles. The minimum absolute atomic E-state index is 0.114. The quantitative estimate of drug-likeness (QED) is 0.285. The van der Waals surface area contributed by atoms with Crippen molar-refractivity contribution in [1.29, 1.82) is 0 Å². The summed E-state index contributed by atoms with van der Waals surface area (Å²) in [6.45, 7) is 13.5. The van der Waals surface area contributed by atoms with E-state index in [0.29, 0.717) is 16.7 Å². The van der Waals surface area contributed by atoms with Crippen LogP contribution in [-0.2, 0) is 4.89 Å². The fourth-order valence-corrected chi connectivity index (χ4v) is 8.62. The van der Waals surface area contributed by atoms with Crippen LogP contribution in [0.3, 0.4) is 0 Å². The van der Waals surface area contributed by atoms with Crippen LogP contribution in [0, 0.1) is 40.4 Å². The maximum Gasteiger partial charge on any atom is 0.113 e. The molecule has 170 valence electrons. The van der Waals surface area contributed by atoms with E-state index in [1.54, 1.807) is 5.57 Å². The van der Waals surface area contributed by atoms with E-state index < -0.39 is 0 Å². The number of allylic oxidation sites excluding steroid dienone is 1. The monoisotopic (exact) mass is 416 g/mol. The van der Waals surface area contributed by atoms with Gasteiger partial charge in [-0.15, -0.1) is 0 Å². The first-order chi connectivity index (χ1) is 14.2. The van der Waals surface area contributed by atoms with Gasteiger partial charge in [-0.3, -0.25) is 5.26 Å². The van der Waals surface area contributed by atoms with Crippen LogP contribution < -0.4 is 0 Å². The predicted molar refractivity (Wildman–Crippen MR) is 122 cm³/mol. The molecule has 0 aromatic carbocycles. The van der Waals surface area contributed by atoms with Crippen LogP contribution >= 0.6 is 0 Å². The van der Waals surface area contributed by atoms with Gasteiger partial charge in [-0.05, 0) is 117 Å². The third kappa shape index (κ3) is 3.63. The minimum Gasteiger partial charge on any atom is -0.393 e.